The Kier molecular flexibility index (Phi) is 7.06. The van der Waals surface area contributed by atoms with Crippen molar-refractivity contribution >= 4 is 17.6 Å². The van der Waals surface area contributed by atoms with Gasteiger partial charge in [-0.1, -0.05) is 54.1 Å². The van der Waals surface area contributed by atoms with Crippen LogP contribution >= 0.6 is 11.6 Å². The lowest BCUT2D eigenvalue weighted by Crippen LogP contribution is -2.42. The molecule has 2 amide bonds. The van der Waals surface area contributed by atoms with Gasteiger partial charge in [-0.3, -0.25) is 0 Å². The normalized spacial score (nSPS) is 13.1. The van der Waals surface area contributed by atoms with Gasteiger partial charge in [-0.05, 0) is 23.3 Å². The van der Waals surface area contributed by atoms with Crippen LogP contribution in [0.15, 0.2) is 54.6 Å². The smallest absolute Gasteiger partial charge is 0.315 e. The summed E-state index contributed by atoms with van der Waals surface area (Å²) in [6, 6.07) is 16.2. The second-order valence-electron chi connectivity index (χ2n) is 5.36. The molecule has 6 heteroatoms. The number of urea groups is 1. The van der Waals surface area contributed by atoms with E-state index in [1.54, 1.807) is 6.07 Å². The second-order valence-corrected chi connectivity index (χ2v) is 5.80. The summed E-state index contributed by atoms with van der Waals surface area (Å²) in [5, 5.41) is 15.8. The molecule has 0 aliphatic carbocycles. The predicted molar refractivity (Wildman–Crippen MR) is 94.2 cm³/mol. The van der Waals surface area contributed by atoms with E-state index >= 15 is 0 Å². The van der Waals surface area contributed by atoms with Gasteiger partial charge in [-0.15, -0.1) is 0 Å². The van der Waals surface area contributed by atoms with E-state index in [1.165, 1.54) is 7.11 Å². The topological polar surface area (TPSA) is 70.6 Å². The summed E-state index contributed by atoms with van der Waals surface area (Å²) in [6.07, 6.45) is -0.748. The number of ether oxygens (including phenoxy) is 1. The minimum absolute atomic E-state index is 0.108. The Hall–Kier alpha value is -2.08. The molecular formula is C18H21ClN2O3. The molecule has 2 aromatic rings. The van der Waals surface area contributed by atoms with Crippen LogP contribution in [-0.4, -0.2) is 37.5 Å². The maximum absolute atomic E-state index is 12.2. The molecule has 24 heavy (non-hydrogen) atoms. The fourth-order valence-electron chi connectivity index (χ4n) is 2.33. The van der Waals surface area contributed by atoms with Crippen molar-refractivity contribution in [1.29, 1.82) is 0 Å². The summed E-state index contributed by atoms with van der Waals surface area (Å²) < 4.78 is 4.83. The van der Waals surface area contributed by atoms with E-state index < -0.39 is 6.10 Å². The van der Waals surface area contributed by atoms with E-state index in [9.17, 15) is 9.90 Å². The van der Waals surface area contributed by atoms with Gasteiger partial charge in [0.1, 0.15) is 0 Å². The average molecular weight is 349 g/mol. The molecule has 2 aromatic carbocycles. The summed E-state index contributed by atoms with van der Waals surface area (Å²) in [7, 11) is 1.49. The van der Waals surface area contributed by atoms with Crippen LogP contribution < -0.4 is 10.6 Å². The van der Waals surface area contributed by atoms with Crippen LogP contribution in [0.3, 0.4) is 0 Å². The van der Waals surface area contributed by atoms with Crippen molar-refractivity contribution in [3.8, 4) is 0 Å². The number of carbonyl (C=O) groups excluding carboxylic acids is 1. The molecule has 0 aliphatic heterocycles. The molecule has 0 aromatic heterocycles. The third-order valence-corrected chi connectivity index (χ3v) is 3.68. The molecule has 5 nitrogen and oxygen atoms in total. The summed E-state index contributed by atoms with van der Waals surface area (Å²) >= 11 is 6.08. The highest BCUT2D eigenvalue weighted by Crippen LogP contribution is 2.24. The summed E-state index contributed by atoms with van der Waals surface area (Å²) in [5.41, 5.74) is 1.81. The standard InChI is InChI=1S/C18H21ClN2O3/c1-24-12-16(22)11-20-18(23)21-17(13-6-3-2-4-7-13)14-8-5-9-15(19)10-14/h2-10,16-17,22H,11-12H2,1H3,(H2,20,21,23)/t16-,17-/m1/s1. The molecular weight excluding hydrogens is 328 g/mol. The number of hydrogen-bond acceptors (Lipinski definition) is 3. The molecule has 0 heterocycles. The zero-order chi connectivity index (χ0) is 17.4. The summed E-state index contributed by atoms with van der Waals surface area (Å²) in [6.45, 7) is 0.271. The lowest BCUT2D eigenvalue weighted by Gasteiger charge is -2.21. The highest BCUT2D eigenvalue weighted by Gasteiger charge is 2.17. The van der Waals surface area contributed by atoms with Crippen LogP contribution in [0.25, 0.3) is 0 Å². The molecule has 0 spiro atoms. The average Bonchev–Trinajstić information content (AvgIpc) is 2.59. The lowest BCUT2D eigenvalue weighted by atomic mass is 9.99. The quantitative estimate of drug-likeness (QED) is 0.720. The zero-order valence-electron chi connectivity index (χ0n) is 13.4. The molecule has 0 saturated heterocycles. The number of methoxy groups -OCH3 is 1. The van der Waals surface area contributed by atoms with Gasteiger partial charge in [0.2, 0.25) is 0 Å². The Morgan fingerprint density at radius 3 is 2.54 bits per heavy atom. The van der Waals surface area contributed by atoms with Crippen molar-refractivity contribution in [3.05, 3.63) is 70.7 Å². The molecule has 2 rings (SSSR count). The van der Waals surface area contributed by atoms with E-state index in [4.69, 9.17) is 16.3 Å². The largest absolute Gasteiger partial charge is 0.389 e. The minimum atomic E-state index is -0.748. The fourth-order valence-corrected chi connectivity index (χ4v) is 2.53. The van der Waals surface area contributed by atoms with Crippen LogP contribution in [-0.2, 0) is 4.74 Å². The van der Waals surface area contributed by atoms with E-state index in [1.807, 2.05) is 48.5 Å². The van der Waals surface area contributed by atoms with Crippen molar-refractivity contribution in [1.82, 2.24) is 10.6 Å². The molecule has 0 fully saturated rings. The molecule has 0 bridgehead atoms. The Labute approximate surface area is 146 Å². The van der Waals surface area contributed by atoms with Crippen LogP contribution in [0.4, 0.5) is 4.79 Å². The molecule has 2 atom stereocenters. The molecule has 0 aliphatic rings. The van der Waals surface area contributed by atoms with Gasteiger partial charge in [0.25, 0.3) is 0 Å². The van der Waals surface area contributed by atoms with E-state index in [0.717, 1.165) is 11.1 Å². The lowest BCUT2D eigenvalue weighted by molar-refractivity contribution is 0.0659. The van der Waals surface area contributed by atoms with Crippen LogP contribution in [0, 0.1) is 0 Å². The molecule has 0 saturated carbocycles. The van der Waals surface area contributed by atoms with Crippen LogP contribution in [0.1, 0.15) is 17.2 Å². The van der Waals surface area contributed by atoms with E-state index in [2.05, 4.69) is 10.6 Å². The second kappa shape index (κ2) is 9.27. The minimum Gasteiger partial charge on any atom is -0.389 e. The van der Waals surface area contributed by atoms with Gasteiger partial charge < -0.3 is 20.5 Å². The van der Waals surface area contributed by atoms with Gasteiger partial charge in [-0.25, -0.2) is 4.79 Å². The third kappa shape index (κ3) is 5.53. The number of aliphatic hydroxyl groups excluding tert-OH is 1. The first-order chi connectivity index (χ1) is 11.6. The monoisotopic (exact) mass is 348 g/mol. The number of carbonyl (C=O) groups is 1. The maximum atomic E-state index is 12.2. The number of rotatable bonds is 7. The maximum Gasteiger partial charge on any atom is 0.315 e. The van der Waals surface area contributed by atoms with E-state index in [0.29, 0.717) is 5.02 Å². The molecule has 0 radical (unpaired) electrons. The van der Waals surface area contributed by atoms with Crippen LogP contribution in [0.2, 0.25) is 5.02 Å². The van der Waals surface area contributed by atoms with Crippen molar-refractivity contribution in [2.45, 2.75) is 12.1 Å². The van der Waals surface area contributed by atoms with Crippen LogP contribution in [0.5, 0.6) is 0 Å². The number of amides is 2. The number of benzene rings is 2. The highest BCUT2D eigenvalue weighted by atomic mass is 35.5. The van der Waals surface area contributed by atoms with Gasteiger partial charge in [0.05, 0.1) is 18.8 Å². The Balaban J connectivity index is 2.11. The number of nitrogens with one attached hydrogen (secondary N) is 2. The number of hydrogen-bond donors (Lipinski definition) is 3. The van der Waals surface area contributed by atoms with Gasteiger partial charge in [-0.2, -0.15) is 0 Å². The number of aliphatic hydroxyl groups is 1. The third-order valence-electron chi connectivity index (χ3n) is 3.45. The van der Waals surface area contributed by atoms with E-state index in [-0.39, 0.29) is 25.2 Å². The highest BCUT2D eigenvalue weighted by molar-refractivity contribution is 6.30. The SMILES string of the molecule is COC[C@H](O)CNC(=O)N[C@H](c1ccccc1)c1cccc(Cl)c1. The molecule has 128 valence electrons. The Morgan fingerprint density at radius 2 is 1.88 bits per heavy atom. The van der Waals surface area contributed by atoms with Crippen molar-refractivity contribution in [2.75, 3.05) is 20.3 Å². The Bertz CT molecular complexity index is 652. The summed E-state index contributed by atoms with van der Waals surface area (Å²) in [5.74, 6) is 0. The Morgan fingerprint density at radius 1 is 1.17 bits per heavy atom. The first kappa shape index (κ1) is 18.3. The predicted octanol–water partition coefficient (Wildman–Crippen LogP) is 2.74. The van der Waals surface area contributed by atoms with Gasteiger partial charge >= 0.3 is 6.03 Å². The van der Waals surface area contributed by atoms with Crippen molar-refractivity contribution in [2.24, 2.45) is 0 Å². The molecule has 0 unspecified atom stereocenters. The fraction of sp³-hybridized carbons (Fsp3) is 0.278. The first-order valence-corrected chi connectivity index (χ1v) is 7.99. The molecule has 3 N–H and O–H groups in total. The van der Waals surface area contributed by atoms with Crippen molar-refractivity contribution < 1.29 is 14.6 Å². The zero-order valence-corrected chi connectivity index (χ0v) is 14.2. The summed E-state index contributed by atoms with van der Waals surface area (Å²) in [4.78, 5) is 12.2. The number of halogens is 1. The van der Waals surface area contributed by atoms with Gasteiger partial charge in [0, 0.05) is 18.7 Å². The van der Waals surface area contributed by atoms with Crippen molar-refractivity contribution in [3.63, 3.8) is 0 Å². The van der Waals surface area contributed by atoms with Gasteiger partial charge in [0.15, 0.2) is 0 Å². The first-order valence-electron chi connectivity index (χ1n) is 7.62.